The minimum Gasteiger partial charge on any atom is -0.478 e. The van der Waals surface area contributed by atoms with Gasteiger partial charge in [0.05, 0.1) is 23.1 Å². The van der Waals surface area contributed by atoms with Gasteiger partial charge < -0.3 is 15.3 Å². The molecule has 1 rings (SSSR count). The number of carboxylic acids is 1. The van der Waals surface area contributed by atoms with Gasteiger partial charge in [0.2, 0.25) is 0 Å². The molecule has 0 aliphatic carbocycles. The molecule has 2 atom stereocenters. The summed E-state index contributed by atoms with van der Waals surface area (Å²) in [6, 6.07) is 2.01. The predicted molar refractivity (Wildman–Crippen MR) is 69.8 cm³/mol. The van der Waals surface area contributed by atoms with E-state index in [2.05, 4.69) is 10.0 Å². The summed E-state index contributed by atoms with van der Waals surface area (Å²) in [5.41, 5.74) is 7.09. The first-order valence-corrected chi connectivity index (χ1v) is 5.68. The second-order valence-corrected chi connectivity index (χ2v) is 4.20. The Morgan fingerprint density at radius 3 is 2.62 bits per heavy atom. The van der Waals surface area contributed by atoms with Crippen LogP contribution in [0.25, 0.3) is 10.4 Å². The fourth-order valence-corrected chi connectivity index (χ4v) is 1.75. The van der Waals surface area contributed by atoms with Crippen LogP contribution in [0, 0.1) is 17.0 Å². The van der Waals surface area contributed by atoms with Crippen LogP contribution in [0.2, 0.25) is 0 Å². The van der Waals surface area contributed by atoms with Gasteiger partial charge in [-0.1, -0.05) is 5.11 Å². The maximum atomic E-state index is 11.1. The van der Waals surface area contributed by atoms with Gasteiger partial charge >= 0.3 is 5.97 Å². The molecule has 0 aliphatic heterocycles. The van der Waals surface area contributed by atoms with Crippen LogP contribution in [0.15, 0.2) is 17.2 Å². The first-order chi connectivity index (χ1) is 9.79. The third kappa shape index (κ3) is 3.66. The van der Waals surface area contributed by atoms with Gasteiger partial charge in [-0.15, -0.1) is 0 Å². The summed E-state index contributed by atoms with van der Waals surface area (Å²) < 4.78 is 0. The van der Waals surface area contributed by atoms with Crippen molar-refractivity contribution in [1.82, 2.24) is 0 Å². The zero-order valence-corrected chi connectivity index (χ0v) is 10.9. The second-order valence-electron chi connectivity index (χ2n) is 4.20. The number of hydrogen-bond acceptors (Lipinski definition) is 6. The van der Waals surface area contributed by atoms with Crippen molar-refractivity contribution >= 4 is 11.7 Å². The van der Waals surface area contributed by atoms with E-state index in [0.717, 1.165) is 12.1 Å². The van der Waals surface area contributed by atoms with E-state index in [1.165, 1.54) is 6.92 Å². The standard InChI is InChI=1S/C11H12N4O6/c1-5-7(11(18)19)2-6(3-8(5)15(20)21)10(17)9(16)4-13-14-12/h2-3,9-10,16-17H,4H2,1H3,(H,18,19). The van der Waals surface area contributed by atoms with E-state index < -0.39 is 35.3 Å². The lowest BCUT2D eigenvalue weighted by Gasteiger charge is -2.17. The fourth-order valence-electron chi connectivity index (χ4n) is 1.75. The van der Waals surface area contributed by atoms with Crippen LogP contribution in [-0.2, 0) is 0 Å². The van der Waals surface area contributed by atoms with E-state index >= 15 is 0 Å². The lowest BCUT2D eigenvalue weighted by molar-refractivity contribution is -0.385. The average Bonchev–Trinajstić information content (AvgIpc) is 2.43. The molecule has 112 valence electrons. The van der Waals surface area contributed by atoms with E-state index in [-0.39, 0.29) is 16.7 Å². The summed E-state index contributed by atoms with van der Waals surface area (Å²) in [7, 11) is 0. The molecule has 0 saturated heterocycles. The SMILES string of the molecule is Cc1c(C(=O)O)cc(C(O)C(O)CN=[N+]=[N-])cc1[N+](=O)[O-]. The number of carbonyl (C=O) groups is 1. The van der Waals surface area contributed by atoms with Crippen molar-refractivity contribution in [2.45, 2.75) is 19.1 Å². The number of aliphatic hydroxyl groups is 2. The Bertz CT molecular complexity index is 590. The van der Waals surface area contributed by atoms with E-state index in [0.29, 0.717) is 0 Å². The molecule has 0 radical (unpaired) electrons. The Labute approximate surface area is 118 Å². The molecule has 1 aromatic rings. The summed E-state index contributed by atoms with van der Waals surface area (Å²) in [5.74, 6) is -1.39. The summed E-state index contributed by atoms with van der Waals surface area (Å²) in [4.78, 5) is 23.6. The Morgan fingerprint density at radius 1 is 1.52 bits per heavy atom. The second kappa shape index (κ2) is 6.66. The van der Waals surface area contributed by atoms with Gasteiger partial charge in [0, 0.05) is 16.5 Å². The Hall–Kier alpha value is -2.68. The van der Waals surface area contributed by atoms with Gasteiger partial charge in [-0.3, -0.25) is 10.1 Å². The number of rotatable bonds is 6. The topological polar surface area (TPSA) is 170 Å². The predicted octanol–water partition coefficient (Wildman–Crippen LogP) is 1.31. The van der Waals surface area contributed by atoms with Crippen LogP contribution in [0.1, 0.15) is 27.6 Å². The van der Waals surface area contributed by atoms with Gasteiger partial charge in [0.15, 0.2) is 0 Å². The van der Waals surface area contributed by atoms with Crippen LogP contribution in [0.5, 0.6) is 0 Å². The third-order valence-electron chi connectivity index (χ3n) is 2.87. The first kappa shape index (κ1) is 16.4. The van der Waals surface area contributed by atoms with Gasteiger partial charge in [-0.25, -0.2) is 4.79 Å². The van der Waals surface area contributed by atoms with Gasteiger partial charge in [0.25, 0.3) is 5.69 Å². The van der Waals surface area contributed by atoms with Crippen LogP contribution < -0.4 is 0 Å². The lowest BCUT2D eigenvalue weighted by atomic mass is 9.97. The number of azide groups is 1. The molecular weight excluding hydrogens is 284 g/mol. The third-order valence-corrected chi connectivity index (χ3v) is 2.87. The number of nitro benzene ring substituents is 1. The molecule has 0 spiro atoms. The fraction of sp³-hybridized carbons (Fsp3) is 0.364. The molecule has 0 amide bonds. The van der Waals surface area contributed by atoms with Crippen molar-refractivity contribution in [2.24, 2.45) is 5.11 Å². The van der Waals surface area contributed by atoms with Gasteiger partial charge in [-0.2, -0.15) is 0 Å². The van der Waals surface area contributed by atoms with Gasteiger partial charge in [-0.05, 0) is 24.1 Å². The molecule has 0 bridgehead atoms. The minimum atomic E-state index is -1.62. The molecule has 0 aromatic heterocycles. The highest BCUT2D eigenvalue weighted by Gasteiger charge is 2.25. The van der Waals surface area contributed by atoms with Crippen molar-refractivity contribution in [3.63, 3.8) is 0 Å². The highest BCUT2D eigenvalue weighted by Crippen LogP contribution is 2.28. The van der Waals surface area contributed by atoms with E-state index in [9.17, 15) is 25.1 Å². The molecule has 3 N–H and O–H groups in total. The molecule has 0 heterocycles. The smallest absolute Gasteiger partial charge is 0.336 e. The normalized spacial score (nSPS) is 13.1. The highest BCUT2D eigenvalue weighted by molar-refractivity contribution is 5.91. The van der Waals surface area contributed by atoms with E-state index in [1.807, 2.05) is 0 Å². The number of aromatic carboxylic acids is 1. The maximum Gasteiger partial charge on any atom is 0.336 e. The molecule has 1 aromatic carbocycles. The van der Waals surface area contributed by atoms with Crippen molar-refractivity contribution in [1.29, 1.82) is 0 Å². The van der Waals surface area contributed by atoms with Crippen LogP contribution in [0.3, 0.4) is 0 Å². The van der Waals surface area contributed by atoms with Crippen molar-refractivity contribution in [3.8, 4) is 0 Å². The number of hydrogen-bond donors (Lipinski definition) is 3. The van der Waals surface area contributed by atoms with Crippen LogP contribution >= 0.6 is 0 Å². The maximum absolute atomic E-state index is 11.1. The summed E-state index contributed by atoms with van der Waals surface area (Å²) >= 11 is 0. The molecule has 10 heteroatoms. The summed E-state index contributed by atoms with van der Waals surface area (Å²) in [6.45, 7) is 0.815. The van der Waals surface area contributed by atoms with Crippen LogP contribution in [-0.4, -0.2) is 38.9 Å². The summed E-state index contributed by atoms with van der Waals surface area (Å²) in [6.07, 6.45) is -3.13. The molecule has 0 fully saturated rings. The first-order valence-electron chi connectivity index (χ1n) is 5.68. The van der Waals surface area contributed by atoms with Crippen molar-refractivity contribution < 1.29 is 25.0 Å². The zero-order chi connectivity index (χ0) is 16.2. The lowest BCUT2D eigenvalue weighted by Crippen LogP contribution is -2.22. The average molecular weight is 296 g/mol. The van der Waals surface area contributed by atoms with Crippen molar-refractivity contribution in [2.75, 3.05) is 6.54 Å². The minimum absolute atomic E-state index is 0.0621. The Kier molecular flexibility index (Phi) is 5.19. The van der Waals surface area contributed by atoms with Gasteiger partial charge in [0.1, 0.15) is 6.10 Å². The van der Waals surface area contributed by atoms with E-state index in [4.69, 9.17) is 10.6 Å². The Morgan fingerprint density at radius 2 is 2.14 bits per heavy atom. The molecule has 10 nitrogen and oxygen atoms in total. The molecule has 0 aliphatic rings. The highest BCUT2D eigenvalue weighted by atomic mass is 16.6. The number of nitrogens with zero attached hydrogens (tertiary/aromatic N) is 4. The zero-order valence-electron chi connectivity index (χ0n) is 10.9. The molecular formula is C11H12N4O6. The molecule has 21 heavy (non-hydrogen) atoms. The van der Waals surface area contributed by atoms with E-state index in [1.54, 1.807) is 0 Å². The van der Waals surface area contributed by atoms with Crippen molar-refractivity contribution in [3.05, 3.63) is 49.4 Å². The quantitative estimate of drug-likeness (QED) is 0.235. The number of benzene rings is 1. The Balaban J connectivity index is 3.33. The molecule has 2 unspecified atom stereocenters. The molecule has 0 saturated carbocycles. The number of nitro groups is 1. The number of carboxylic acid groups (broad SMARTS) is 1. The monoisotopic (exact) mass is 296 g/mol. The largest absolute Gasteiger partial charge is 0.478 e. The number of aliphatic hydroxyl groups excluding tert-OH is 2. The van der Waals surface area contributed by atoms with Crippen LogP contribution in [0.4, 0.5) is 5.69 Å². The summed E-state index contributed by atoms with van der Waals surface area (Å²) in [5, 5.41) is 42.5.